The van der Waals surface area contributed by atoms with Gasteiger partial charge in [-0.2, -0.15) is 0 Å². The maximum absolute atomic E-state index is 12.0. The largest absolute Gasteiger partial charge is 0.480 e. The van der Waals surface area contributed by atoms with E-state index in [0.29, 0.717) is 17.0 Å². The molecule has 0 radical (unpaired) electrons. The van der Waals surface area contributed by atoms with E-state index < -0.39 is 12.6 Å². The Morgan fingerprint density at radius 2 is 2.00 bits per heavy atom. The van der Waals surface area contributed by atoms with Gasteiger partial charge in [0.25, 0.3) is 5.91 Å². The first-order chi connectivity index (χ1) is 9.66. The first kappa shape index (κ1) is 13.5. The molecule has 1 amide bonds. The zero-order valence-electron chi connectivity index (χ0n) is 10.4. The van der Waals surface area contributed by atoms with Crippen LogP contribution in [0.4, 0.5) is 5.69 Å². The number of nitrogens with one attached hydrogen (secondary N) is 1. The van der Waals surface area contributed by atoms with Gasteiger partial charge in [-0.05, 0) is 24.3 Å². The van der Waals surface area contributed by atoms with Crippen molar-refractivity contribution in [1.29, 1.82) is 0 Å². The molecule has 0 bridgehead atoms. The van der Waals surface area contributed by atoms with Crippen molar-refractivity contribution in [3.05, 3.63) is 54.4 Å². The lowest BCUT2D eigenvalue weighted by Gasteiger charge is -2.11. The number of nitrogens with zero attached hydrogens (tertiary/aromatic N) is 1. The van der Waals surface area contributed by atoms with Crippen molar-refractivity contribution in [3.63, 3.8) is 0 Å². The maximum Gasteiger partial charge on any atom is 0.341 e. The summed E-state index contributed by atoms with van der Waals surface area (Å²) in [4.78, 5) is 26.3. The maximum atomic E-state index is 12.0. The SMILES string of the molecule is O=C(O)COc1ccccc1NC(=O)c1cccnc1. The molecule has 0 fully saturated rings. The van der Waals surface area contributed by atoms with Crippen molar-refractivity contribution >= 4 is 17.6 Å². The van der Waals surface area contributed by atoms with Gasteiger partial charge in [-0.25, -0.2) is 4.79 Å². The molecular formula is C14H12N2O4. The predicted molar refractivity (Wildman–Crippen MR) is 71.8 cm³/mol. The summed E-state index contributed by atoms with van der Waals surface area (Å²) in [5.74, 6) is -1.13. The van der Waals surface area contributed by atoms with E-state index in [4.69, 9.17) is 9.84 Å². The standard InChI is InChI=1S/C14H12N2O4/c17-13(18)9-20-12-6-2-1-5-11(12)16-14(19)10-4-3-7-15-8-10/h1-8H,9H2,(H,16,19)(H,17,18). The highest BCUT2D eigenvalue weighted by Crippen LogP contribution is 2.24. The Hall–Kier alpha value is -2.89. The molecule has 6 heteroatoms. The minimum atomic E-state index is -1.08. The number of carboxylic acids is 1. The van der Waals surface area contributed by atoms with Gasteiger partial charge in [-0.15, -0.1) is 0 Å². The number of carbonyl (C=O) groups excluding carboxylic acids is 1. The second kappa shape index (κ2) is 6.33. The van der Waals surface area contributed by atoms with E-state index in [1.54, 1.807) is 42.6 Å². The van der Waals surface area contributed by atoms with Gasteiger partial charge < -0.3 is 15.2 Å². The van der Waals surface area contributed by atoms with Crippen molar-refractivity contribution in [2.75, 3.05) is 11.9 Å². The van der Waals surface area contributed by atoms with Gasteiger partial charge in [0.15, 0.2) is 6.61 Å². The molecule has 0 atom stereocenters. The van der Waals surface area contributed by atoms with E-state index in [1.807, 2.05) is 0 Å². The predicted octanol–water partition coefficient (Wildman–Crippen LogP) is 1.80. The molecule has 2 aromatic rings. The van der Waals surface area contributed by atoms with E-state index in [1.165, 1.54) is 6.20 Å². The Balaban J connectivity index is 2.13. The van der Waals surface area contributed by atoms with Crippen LogP contribution in [-0.4, -0.2) is 28.6 Å². The molecular weight excluding hydrogens is 260 g/mol. The highest BCUT2D eigenvalue weighted by atomic mass is 16.5. The van der Waals surface area contributed by atoms with E-state index in [0.717, 1.165) is 0 Å². The van der Waals surface area contributed by atoms with E-state index in [9.17, 15) is 9.59 Å². The monoisotopic (exact) mass is 272 g/mol. The van der Waals surface area contributed by atoms with Gasteiger partial charge in [-0.3, -0.25) is 9.78 Å². The Bertz CT molecular complexity index is 614. The zero-order chi connectivity index (χ0) is 14.4. The number of carbonyl (C=O) groups is 2. The van der Waals surface area contributed by atoms with E-state index in [-0.39, 0.29) is 5.91 Å². The molecule has 0 aliphatic carbocycles. The highest BCUT2D eigenvalue weighted by molar-refractivity contribution is 6.04. The summed E-state index contributed by atoms with van der Waals surface area (Å²) >= 11 is 0. The lowest BCUT2D eigenvalue weighted by molar-refractivity contribution is -0.139. The van der Waals surface area contributed by atoms with Crippen LogP contribution < -0.4 is 10.1 Å². The third kappa shape index (κ3) is 3.55. The molecule has 2 rings (SSSR count). The number of benzene rings is 1. The Morgan fingerprint density at radius 1 is 1.20 bits per heavy atom. The number of amides is 1. The topological polar surface area (TPSA) is 88.5 Å². The molecule has 0 saturated heterocycles. The summed E-state index contributed by atoms with van der Waals surface area (Å²) in [7, 11) is 0. The van der Waals surface area contributed by atoms with Crippen LogP contribution in [0.15, 0.2) is 48.8 Å². The summed E-state index contributed by atoms with van der Waals surface area (Å²) in [6, 6.07) is 9.90. The van der Waals surface area contributed by atoms with E-state index in [2.05, 4.69) is 10.3 Å². The third-order valence-electron chi connectivity index (χ3n) is 2.41. The first-order valence-electron chi connectivity index (χ1n) is 5.82. The van der Waals surface area contributed by atoms with Gasteiger partial charge in [0.05, 0.1) is 11.3 Å². The van der Waals surface area contributed by atoms with Crippen molar-refractivity contribution in [2.24, 2.45) is 0 Å². The number of hydrogen-bond donors (Lipinski definition) is 2. The van der Waals surface area contributed by atoms with Crippen LogP contribution >= 0.6 is 0 Å². The molecule has 0 unspecified atom stereocenters. The lowest BCUT2D eigenvalue weighted by atomic mass is 10.2. The average molecular weight is 272 g/mol. The fraction of sp³-hybridized carbons (Fsp3) is 0.0714. The molecule has 102 valence electrons. The lowest BCUT2D eigenvalue weighted by Crippen LogP contribution is -2.15. The molecule has 0 aliphatic heterocycles. The molecule has 0 saturated carbocycles. The smallest absolute Gasteiger partial charge is 0.341 e. The molecule has 1 heterocycles. The van der Waals surface area contributed by atoms with Crippen LogP contribution in [0, 0.1) is 0 Å². The first-order valence-corrected chi connectivity index (χ1v) is 5.82. The number of para-hydroxylation sites is 2. The Morgan fingerprint density at radius 3 is 2.70 bits per heavy atom. The second-order valence-electron chi connectivity index (χ2n) is 3.87. The second-order valence-corrected chi connectivity index (χ2v) is 3.87. The number of carboxylic acid groups (broad SMARTS) is 1. The number of pyridine rings is 1. The van der Waals surface area contributed by atoms with Crippen molar-refractivity contribution in [1.82, 2.24) is 4.98 Å². The van der Waals surface area contributed by atoms with E-state index >= 15 is 0 Å². The number of hydrogen-bond acceptors (Lipinski definition) is 4. The fourth-order valence-electron chi connectivity index (χ4n) is 1.53. The normalized spacial score (nSPS) is 9.80. The van der Waals surface area contributed by atoms with Crippen LogP contribution in [0.25, 0.3) is 0 Å². The van der Waals surface area contributed by atoms with Crippen LogP contribution in [0.1, 0.15) is 10.4 Å². The summed E-state index contributed by atoms with van der Waals surface area (Å²) in [6.45, 7) is -0.472. The third-order valence-corrected chi connectivity index (χ3v) is 2.41. The molecule has 2 N–H and O–H groups in total. The zero-order valence-corrected chi connectivity index (χ0v) is 10.4. The fourth-order valence-corrected chi connectivity index (χ4v) is 1.53. The van der Waals surface area contributed by atoms with Gasteiger partial charge in [0.2, 0.25) is 0 Å². The van der Waals surface area contributed by atoms with Crippen LogP contribution in [0.3, 0.4) is 0 Å². The average Bonchev–Trinajstić information content (AvgIpc) is 2.47. The summed E-state index contributed by atoms with van der Waals surface area (Å²) in [5.41, 5.74) is 0.808. The summed E-state index contributed by atoms with van der Waals surface area (Å²) in [6.07, 6.45) is 3.01. The highest BCUT2D eigenvalue weighted by Gasteiger charge is 2.10. The van der Waals surface area contributed by atoms with Crippen LogP contribution in [0.2, 0.25) is 0 Å². The van der Waals surface area contributed by atoms with Gasteiger partial charge in [0, 0.05) is 12.4 Å². The number of rotatable bonds is 5. The Labute approximate surface area is 115 Å². The summed E-state index contributed by atoms with van der Waals surface area (Å²) in [5, 5.41) is 11.3. The van der Waals surface area contributed by atoms with Crippen LogP contribution in [-0.2, 0) is 4.79 Å². The Kier molecular flexibility index (Phi) is 4.28. The molecule has 0 aliphatic rings. The number of anilines is 1. The van der Waals surface area contributed by atoms with Crippen molar-refractivity contribution in [2.45, 2.75) is 0 Å². The minimum absolute atomic E-state index is 0.298. The van der Waals surface area contributed by atoms with Gasteiger partial charge >= 0.3 is 5.97 Å². The van der Waals surface area contributed by atoms with Crippen LogP contribution in [0.5, 0.6) is 5.75 Å². The molecule has 6 nitrogen and oxygen atoms in total. The summed E-state index contributed by atoms with van der Waals surface area (Å²) < 4.78 is 5.11. The van der Waals surface area contributed by atoms with Crippen molar-refractivity contribution in [3.8, 4) is 5.75 Å². The van der Waals surface area contributed by atoms with Gasteiger partial charge in [0.1, 0.15) is 5.75 Å². The number of ether oxygens (including phenoxy) is 1. The van der Waals surface area contributed by atoms with Crippen molar-refractivity contribution < 1.29 is 19.4 Å². The molecule has 1 aromatic carbocycles. The van der Waals surface area contributed by atoms with Gasteiger partial charge in [-0.1, -0.05) is 12.1 Å². The number of aliphatic carboxylic acids is 1. The quantitative estimate of drug-likeness (QED) is 0.866. The molecule has 0 spiro atoms. The molecule has 20 heavy (non-hydrogen) atoms. The molecule has 1 aromatic heterocycles. The number of aromatic nitrogens is 1. The minimum Gasteiger partial charge on any atom is -0.480 e.